The normalized spacial score (nSPS) is 12.1. The Labute approximate surface area is 138 Å². The minimum absolute atomic E-state index is 0.259. The summed E-state index contributed by atoms with van der Waals surface area (Å²) in [6, 6.07) is 0. The molecule has 0 amide bonds. The predicted octanol–water partition coefficient (Wildman–Crippen LogP) is 6.44. The van der Waals surface area contributed by atoms with Crippen molar-refractivity contribution in [3.05, 3.63) is 12.2 Å². The lowest BCUT2D eigenvalue weighted by molar-refractivity contribution is -0.140. The van der Waals surface area contributed by atoms with Gasteiger partial charge in [0.2, 0.25) is 0 Å². The lowest BCUT2D eigenvalue weighted by Crippen LogP contribution is -2.12. The van der Waals surface area contributed by atoms with Crippen molar-refractivity contribution in [3.8, 4) is 0 Å². The third kappa shape index (κ3) is 14.2. The van der Waals surface area contributed by atoms with Crippen LogP contribution in [-0.4, -0.2) is 12.6 Å². The van der Waals surface area contributed by atoms with Crippen LogP contribution in [0.25, 0.3) is 0 Å². The lowest BCUT2D eigenvalue weighted by atomic mass is 10.0. The fourth-order valence-electron chi connectivity index (χ4n) is 2.58. The van der Waals surface area contributed by atoms with Crippen molar-refractivity contribution < 1.29 is 9.53 Å². The maximum atomic E-state index is 11.3. The van der Waals surface area contributed by atoms with Crippen molar-refractivity contribution in [2.24, 2.45) is 5.92 Å². The van der Waals surface area contributed by atoms with E-state index in [1.54, 1.807) is 6.92 Å². The zero-order valence-electron chi connectivity index (χ0n) is 15.3. The minimum Gasteiger partial charge on any atom is -0.462 e. The number of ether oxygens (including phenoxy) is 1. The first-order chi connectivity index (χ1) is 10.6. The first kappa shape index (κ1) is 21.2. The zero-order chi connectivity index (χ0) is 16.6. The zero-order valence-corrected chi connectivity index (χ0v) is 15.3. The molecule has 0 aromatic carbocycles. The van der Waals surface area contributed by atoms with E-state index in [4.69, 9.17) is 4.74 Å². The third-order valence-corrected chi connectivity index (χ3v) is 4.15. The molecule has 2 heteroatoms. The van der Waals surface area contributed by atoms with Crippen LogP contribution < -0.4 is 0 Å². The second-order valence-corrected chi connectivity index (χ2v) is 6.81. The van der Waals surface area contributed by atoms with E-state index in [1.165, 1.54) is 70.6 Å². The Bertz CT molecular complexity index is 283. The fourth-order valence-corrected chi connectivity index (χ4v) is 2.58. The number of hydrogen-bond donors (Lipinski definition) is 0. The van der Waals surface area contributed by atoms with Crippen LogP contribution in [-0.2, 0) is 9.53 Å². The Morgan fingerprint density at radius 3 is 1.82 bits per heavy atom. The van der Waals surface area contributed by atoms with Gasteiger partial charge in [0.1, 0.15) is 0 Å². The van der Waals surface area contributed by atoms with Gasteiger partial charge in [0.25, 0.3) is 0 Å². The lowest BCUT2D eigenvalue weighted by Gasteiger charge is -2.11. The summed E-state index contributed by atoms with van der Waals surface area (Å²) in [5.41, 5.74) is 0.488. The average Bonchev–Trinajstić information content (AvgIpc) is 2.50. The van der Waals surface area contributed by atoms with Gasteiger partial charge >= 0.3 is 5.97 Å². The topological polar surface area (TPSA) is 26.3 Å². The molecule has 0 aromatic rings. The van der Waals surface area contributed by atoms with E-state index in [1.807, 2.05) is 0 Å². The summed E-state index contributed by atoms with van der Waals surface area (Å²) in [7, 11) is 0. The molecule has 2 nitrogen and oxygen atoms in total. The number of carbonyl (C=O) groups is 1. The van der Waals surface area contributed by atoms with Gasteiger partial charge in [-0.25, -0.2) is 4.79 Å². The Balaban J connectivity index is 3.25. The van der Waals surface area contributed by atoms with Crippen LogP contribution in [0.2, 0.25) is 0 Å². The van der Waals surface area contributed by atoms with E-state index in [0.717, 1.165) is 6.42 Å². The molecule has 130 valence electrons. The standard InChI is InChI=1S/C20H38O2/c1-5-6-7-8-9-10-11-12-13-14-15-16-19(4)17-22-20(21)18(2)3/h19H,2,5-17H2,1,3-4H3. The molecule has 0 saturated heterocycles. The third-order valence-electron chi connectivity index (χ3n) is 4.15. The van der Waals surface area contributed by atoms with E-state index in [2.05, 4.69) is 20.4 Å². The summed E-state index contributed by atoms with van der Waals surface area (Å²) >= 11 is 0. The van der Waals surface area contributed by atoms with Crippen LogP contribution in [0.15, 0.2) is 12.2 Å². The highest BCUT2D eigenvalue weighted by Crippen LogP contribution is 2.14. The van der Waals surface area contributed by atoms with Crippen LogP contribution >= 0.6 is 0 Å². The molecule has 1 unspecified atom stereocenters. The highest BCUT2D eigenvalue weighted by Gasteiger charge is 2.07. The predicted molar refractivity (Wildman–Crippen MR) is 96.0 cm³/mol. The van der Waals surface area contributed by atoms with E-state index >= 15 is 0 Å². The molecule has 0 saturated carbocycles. The first-order valence-corrected chi connectivity index (χ1v) is 9.40. The number of esters is 1. The van der Waals surface area contributed by atoms with E-state index in [-0.39, 0.29) is 5.97 Å². The van der Waals surface area contributed by atoms with Gasteiger partial charge in [0.05, 0.1) is 6.61 Å². The van der Waals surface area contributed by atoms with Crippen LogP contribution in [0.5, 0.6) is 0 Å². The fraction of sp³-hybridized carbons (Fsp3) is 0.850. The van der Waals surface area contributed by atoms with Crippen LogP contribution in [0.3, 0.4) is 0 Å². The molecule has 0 heterocycles. The van der Waals surface area contributed by atoms with Crippen molar-refractivity contribution in [2.75, 3.05) is 6.61 Å². The number of carbonyl (C=O) groups excluding carboxylic acids is 1. The van der Waals surface area contributed by atoms with Gasteiger partial charge in [-0.15, -0.1) is 0 Å². The van der Waals surface area contributed by atoms with E-state index in [9.17, 15) is 4.79 Å². The van der Waals surface area contributed by atoms with Gasteiger partial charge in [-0.1, -0.05) is 91.1 Å². The Morgan fingerprint density at radius 1 is 0.909 bits per heavy atom. The first-order valence-electron chi connectivity index (χ1n) is 9.40. The van der Waals surface area contributed by atoms with Crippen LogP contribution in [0, 0.1) is 5.92 Å². The molecular formula is C20H38O2. The Morgan fingerprint density at radius 2 is 1.36 bits per heavy atom. The van der Waals surface area contributed by atoms with Crippen molar-refractivity contribution in [1.29, 1.82) is 0 Å². The monoisotopic (exact) mass is 310 g/mol. The molecule has 0 N–H and O–H groups in total. The molecule has 0 aromatic heterocycles. The smallest absolute Gasteiger partial charge is 0.333 e. The van der Waals surface area contributed by atoms with Gasteiger partial charge in [-0.05, 0) is 19.3 Å². The second kappa shape index (κ2) is 15.1. The minimum atomic E-state index is -0.259. The van der Waals surface area contributed by atoms with Crippen LogP contribution in [0.4, 0.5) is 0 Å². The highest BCUT2D eigenvalue weighted by molar-refractivity contribution is 5.86. The SMILES string of the molecule is C=C(C)C(=O)OCC(C)CCCCCCCCCCCCC. The molecule has 0 radical (unpaired) electrons. The number of unbranched alkanes of at least 4 members (excludes halogenated alkanes) is 10. The second-order valence-electron chi connectivity index (χ2n) is 6.81. The van der Waals surface area contributed by atoms with Crippen molar-refractivity contribution in [3.63, 3.8) is 0 Å². The van der Waals surface area contributed by atoms with Gasteiger partial charge in [-0.3, -0.25) is 0 Å². The summed E-state index contributed by atoms with van der Waals surface area (Å²) in [4.78, 5) is 11.3. The van der Waals surface area contributed by atoms with Crippen LogP contribution in [0.1, 0.15) is 97.8 Å². The van der Waals surface area contributed by atoms with E-state index < -0.39 is 0 Å². The summed E-state index contributed by atoms with van der Waals surface area (Å²) in [5.74, 6) is 0.202. The molecular weight excluding hydrogens is 272 g/mol. The molecule has 0 spiro atoms. The summed E-state index contributed by atoms with van der Waals surface area (Å²) in [6.45, 7) is 10.2. The molecule has 0 fully saturated rings. The van der Waals surface area contributed by atoms with Crippen molar-refractivity contribution >= 4 is 5.97 Å². The Kier molecular flexibility index (Phi) is 14.6. The number of hydrogen-bond acceptors (Lipinski definition) is 2. The van der Waals surface area contributed by atoms with E-state index in [0.29, 0.717) is 18.1 Å². The molecule has 22 heavy (non-hydrogen) atoms. The summed E-state index contributed by atoms with van der Waals surface area (Å²) in [5, 5.41) is 0. The maximum absolute atomic E-state index is 11.3. The summed E-state index contributed by atoms with van der Waals surface area (Å²) < 4.78 is 5.18. The van der Waals surface area contributed by atoms with Crippen molar-refractivity contribution in [1.82, 2.24) is 0 Å². The maximum Gasteiger partial charge on any atom is 0.333 e. The number of rotatable bonds is 15. The quantitative estimate of drug-likeness (QED) is 0.197. The molecule has 1 atom stereocenters. The molecule has 0 rings (SSSR count). The van der Waals surface area contributed by atoms with Crippen molar-refractivity contribution in [2.45, 2.75) is 97.8 Å². The molecule has 0 aliphatic heterocycles. The Hall–Kier alpha value is -0.790. The van der Waals surface area contributed by atoms with Gasteiger partial charge in [0.15, 0.2) is 0 Å². The largest absolute Gasteiger partial charge is 0.462 e. The van der Waals surface area contributed by atoms with Gasteiger partial charge in [0, 0.05) is 5.57 Å². The molecule has 0 bridgehead atoms. The summed E-state index contributed by atoms with van der Waals surface area (Å²) in [6.07, 6.45) is 16.3. The molecule has 0 aliphatic rings. The van der Waals surface area contributed by atoms with Gasteiger partial charge in [-0.2, -0.15) is 0 Å². The molecule has 0 aliphatic carbocycles. The van der Waals surface area contributed by atoms with Gasteiger partial charge < -0.3 is 4.74 Å². The average molecular weight is 311 g/mol. The highest BCUT2D eigenvalue weighted by atomic mass is 16.5.